The molecule has 1 saturated carbocycles. The molecular formula is C23H27ClF3N3O2. The number of aromatic nitrogens is 1. The summed E-state index contributed by atoms with van der Waals surface area (Å²) in [6, 6.07) is 8.01. The zero-order valence-electron chi connectivity index (χ0n) is 18.0. The Morgan fingerprint density at radius 1 is 1.31 bits per heavy atom. The predicted molar refractivity (Wildman–Crippen MR) is 117 cm³/mol. The number of aromatic hydroxyl groups is 1. The van der Waals surface area contributed by atoms with Crippen LogP contribution in [0.1, 0.15) is 36.3 Å². The van der Waals surface area contributed by atoms with Gasteiger partial charge in [-0.25, -0.2) is 0 Å². The second-order valence-electron chi connectivity index (χ2n) is 8.61. The van der Waals surface area contributed by atoms with Crippen LogP contribution in [-0.4, -0.2) is 53.8 Å². The number of alkyl halides is 3. The molecule has 1 aliphatic rings. The fraction of sp³-hybridized carbons (Fsp3) is 0.478. The van der Waals surface area contributed by atoms with E-state index in [1.54, 1.807) is 24.3 Å². The first kappa shape index (κ1) is 24.3. The van der Waals surface area contributed by atoms with E-state index in [2.05, 4.69) is 10.3 Å². The average molecular weight is 470 g/mol. The van der Waals surface area contributed by atoms with E-state index >= 15 is 0 Å². The Hall–Kier alpha value is -2.32. The number of benzene rings is 1. The summed E-state index contributed by atoms with van der Waals surface area (Å²) < 4.78 is 41.5. The highest BCUT2D eigenvalue weighted by atomic mass is 35.5. The Bertz CT molecular complexity index is 934. The maximum Gasteiger partial charge on any atom is 0.395 e. The summed E-state index contributed by atoms with van der Waals surface area (Å²) in [6.07, 6.45) is -1.12. The lowest BCUT2D eigenvalue weighted by Crippen LogP contribution is -2.42. The van der Waals surface area contributed by atoms with E-state index in [-0.39, 0.29) is 42.6 Å². The van der Waals surface area contributed by atoms with Crippen molar-refractivity contribution in [2.45, 2.75) is 43.8 Å². The normalized spacial score (nSPS) is 17.1. The molecule has 0 saturated heterocycles. The molecule has 32 heavy (non-hydrogen) atoms. The molecule has 1 amide bonds. The van der Waals surface area contributed by atoms with Gasteiger partial charge in [-0.3, -0.25) is 9.78 Å². The number of carbonyl (C=O) groups is 1. The summed E-state index contributed by atoms with van der Waals surface area (Å²) >= 11 is 5.97. The highest BCUT2D eigenvalue weighted by Gasteiger charge is 2.67. The van der Waals surface area contributed by atoms with Gasteiger partial charge in [-0.2, -0.15) is 13.2 Å². The molecule has 2 atom stereocenters. The van der Waals surface area contributed by atoms with E-state index in [4.69, 9.17) is 11.6 Å². The Balaban J connectivity index is 1.68. The number of carbonyl (C=O) groups excluding carboxylic acids is 1. The van der Waals surface area contributed by atoms with Gasteiger partial charge in [0.25, 0.3) is 0 Å². The number of amides is 1. The van der Waals surface area contributed by atoms with Crippen molar-refractivity contribution in [1.29, 1.82) is 0 Å². The molecule has 1 aromatic carbocycles. The number of phenols is 1. The highest BCUT2D eigenvalue weighted by molar-refractivity contribution is 6.32. The minimum Gasteiger partial charge on any atom is -0.506 e. The monoisotopic (exact) mass is 469 g/mol. The average Bonchev–Trinajstić information content (AvgIpc) is 3.54. The lowest BCUT2D eigenvalue weighted by molar-refractivity contribution is -0.194. The fourth-order valence-electron chi connectivity index (χ4n) is 4.05. The molecule has 2 N–H and O–H groups in total. The van der Waals surface area contributed by atoms with Gasteiger partial charge in [-0.1, -0.05) is 23.7 Å². The second kappa shape index (κ2) is 9.67. The van der Waals surface area contributed by atoms with Crippen LogP contribution in [-0.2, 0) is 11.2 Å². The van der Waals surface area contributed by atoms with Crippen LogP contribution in [0.25, 0.3) is 0 Å². The third-order valence-corrected chi connectivity index (χ3v) is 6.55. The van der Waals surface area contributed by atoms with Crippen molar-refractivity contribution in [2.24, 2.45) is 5.41 Å². The third kappa shape index (κ3) is 5.53. The number of halogens is 4. The molecule has 9 heteroatoms. The van der Waals surface area contributed by atoms with Gasteiger partial charge in [0.1, 0.15) is 5.75 Å². The summed E-state index contributed by atoms with van der Waals surface area (Å²) in [6.45, 7) is 0.267. The van der Waals surface area contributed by atoms with Crippen LogP contribution in [0, 0.1) is 5.41 Å². The van der Waals surface area contributed by atoms with Gasteiger partial charge < -0.3 is 15.3 Å². The highest BCUT2D eigenvalue weighted by Crippen LogP contribution is 2.66. The number of phenolic OH excluding ortho intramolecular Hbond substituents is 1. The SMILES string of the molecule is CN(C)C(CNC(=O)CC(c1cccnc1)C1(C(F)(F)F)CC1)Cc1ccc(O)c(Cl)c1. The van der Waals surface area contributed by atoms with Gasteiger partial charge in [0.15, 0.2) is 0 Å². The minimum atomic E-state index is -4.38. The standard InChI is InChI=1S/C23H27ClF3N3O2/c1-30(2)17(10-15-5-6-20(31)19(24)11-15)14-29-21(32)12-18(16-4-3-9-28-13-16)22(7-8-22)23(25,26)27/h3-6,9,11,13,17-18,31H,7-8,10,12,14H2,1-2H3,(H,29,32). The summed E-state index contributed by atoms with van der Waals surface area (Å²) in [4.78, 5) is 18.6. The van der Waals surface area contributed by atoms with E-state index < -0.39 is 23.4 Å². The molecule has 1 aliphatic carbocycles. The summed E-state index contributed by atoms with van der Waals surface area (Å²) in [5.74, 6) is -1.40. The van der Waals surface area contributed by atoms with Crippen LogP contribution in [0.3, 0.4) is 0 Å². The van der Waals surface area contributed by atoms with E-state index in [0.29, 0.717) is 12.0 Å². The molecule has 3 rings (SSSR count). The maximum absolute atomic E-state index is 13.8. The van der Waals surface area contributed by atoms with E-state index in [1.165, 1.54) is 18.5 Å². The zero-order valence-corrected chi connectivity index (χ0v) is 18.7. The first-order chi connectivity index (χ1) is 15.0. The molecule has 2 unspecified atom stereocenters. The Labute approximate surface area is 190 Å². The summed E-state index contributed by atoms with van der Waals surface area (Å²) in [5, 5.41) is 12.6. The topological polar surface area (TPSA) is 65.5 Å². The first-order valence-electron chi connectivity index (χ1n) is 10.4. The van der Waals surface area contributed by atoms with Crippen LogP contribution in [0.15, 0.2) is 42.7 Å². The van der Waals surface area contributed by atoms with Crippen LogP contribution >= 0.6 is 11.6 Å². The number of nitrogens with one attached hydrogen (secondary N) is 1. The van der Waals surface area contributed by atoms with Crippen LogP contribution in [0.5, 0.6) is 5.75 Å². The number of nitrogens with zero attached hydrogens (tertiary/aromatic N) is 2. The van der Waals surface area contributed by atoms with Crippen molar-refractivity contribution in [2.75, 3.05) is 20.6 Å². The molecular weight excluding hydrogens is 443 g/mol. The largest absolute Gasteiger partial charge is 0.506 e. The van der Waals surface area contributed by atoms with E-state index in [0.717, 1.165) is 5.56 Å². The van der Waals surface area contributed by atoms with Crippen LogP contribution < -0.4 is 5.32 Å². The number of rotatable bonds is 9. The van der Waals surface area contributed by atoms with Crippen LogP contribution in [0.2, 0.25) is 5.02 Å². The Kier molecular flexibility index (Phi) is 7.35. The van der Waals surface area contributed by atoms with Gasteiger partial charge in [0.2, 0.25) is 5.91 Å². The lowest BCUT2D eigenvalue weighted by Gasteiger charge is -2.30. The predicted octanol–water partition coefficient (Wildman–Crippen LogP) is 4.55. The molecule has 1 heterocycles. The van der Waals surface area contributed by atoms with E-state index in [9.17, 15) is 23.1 Å². The van der Waals surface area contributed by atoms with Crippen molar-refractivity contribution in [3.05, 3.63) is 58.9 Å². The number of pyridine rings is 1. The first-order valence-corrected chi connectivity index (χ1v) is 10.8. The number of hydrogen-bond donors (Lipinski definition) is 2. The van der Waals surface area contributed by atoms with E-state index in [1.807, 2.05) is 19.0 Å². The second-order valence-corrected chi connectivity index (χ2v) is 9.02. The van der Waals surface area contributed by atoms with Crippen molar-refractivity contribution in [1.82, 2.24) is 15.2 Å². The fourth-order valence-corrected chi connectivity index (χ4v) is 4.26. The maximum atomic E-state index is 13.8. The van der Waals surface area contributed by atoms with Crippen molar-refractivity contribution >= 4 is 17.5 Å². The third-order valence-electron chi connectivity index (χ3n) is 6.25. The molecule has 5 nitrogen and oxygen atoms in total. The molecule has 1 aromatic heterocycles. The lowest BCUT2D eigenvalue weighted by atomic mass is 9.80. The van der Waals surface area contributed by atoms with Gasteiger partial charge in [0.05, 0.1) is 10.4 Å². The molecule has 0 aliphatic heterocycles. The molecule has 1 fully saturated rings. The Morgan fingerprint density at radius 2 is 2.03 bits per heavy atom. The van der Waals surface area contributed by atoms with Gasteiger partial charge in [0, 0.05) is 37.3 Å². The Morgan fingerprint density at radius 3 is 2.56 bits per heavy atom. The summed E-state index contributed by atoms with van der Waals surface area (Å²) in [5.41, 5.74) is -0.555. The van der Waals surface area contributed by atoms with Gasteiger partial charge in [-0.05, 0) is 62.7 Å². The molecule has 0 radical (unpaired) electrons. The molecule has 0 bridgehead atoms. The van der Waals surface area contributed by atoms with Gasteiger partial charge >= 0.3 is 6.18 Å². The quantitative estimate of drug-likeness (QED) is 0.565. The number of likely N-dealkylation sites (N-methyl/N-ethyl adjacent to an activating group) is 1. The smallest absolute Gasteiger partial charge is 0.395 e. The molecule has 0 spiro atoms. The zero-order chi connectivity index (χ0) is 23.5. The van der Waals surface area contributed by atoms with Gasteiger partial charge in [-0.15, -0.1) is 0 Å². The summed E-state index contributed by atoms with van der Waals surface area (Å²) in [7, 11) is 3.72. The van der Waals surface area contributed by atoms with Crippen molar-refractivity contribution in [3.8, 4) is 5.75 Å². The molecule has 174 valence electrons. The van der Waals surface area contributed by atoms with Crippen molar-refractivity contribution < 1.29 is 23.1 Å². The minimum absolute atomic E-state index is 0.00904. The van der Waals surface area contributed by atoms with Crippen LogP contribution in [0.4, 0.5) is 13.2 Å². The van der Waals surface area contributed by atoms with Crippen molar-refractivity contribution in [3.63, 3.8) is 0 Å². The number of hydrogen-bond acceptors (Lipinski definition) is 4. The molecule has 2 aromatic rings.